The van der Waals surface area contributed by atoms with Crippen molar-refractivity contribution >= 4 is 11.7 Å². The first-order valence-corrected chi connectivity index (χ1v) is 8.64. The number of carbonyl (C=O) groups is 2. The van der Waals surface area contributed by atoms with E-state index in [1.807, 2.05) is 0 Å². The van der Waals surface area contributed by atoms with Gasteiger partial charge in [-0.05, 0) is 38.3 Å². The van der Waals surface area contributed by atoms with Crippen molar-refractivity contribution in [2.75, 3.05) is 32.7 Å². The Morgan fingerprint density at radius 3 is 2.56 bits per heavy atom. The highest BCUT2D eigenvalue weighted by Crippen LogP contribution is 2.33. The Morgan fingerprint density at radius 1 is 1.16 bits per heavy atom. The summed E-state index contributed by atoms with van der Waals surface area (Å²) in [5.74, 6) is -1.77. The Balaban J connectivity index is 1.59. The van der Waals surface area contributed by atoms with Gasteiger partial charge < -0.3 is 9.88 Å². The number of piperidine rings is 1. The zero-order valence-electron chi connectivity index (χ0n) is 13.9. The molecule has 0 radical (unpaired) electrons. The molecule has 0 bridgehead atoms. The fourth-order valence-corrected chi connectivity index (χ4v) is 3.53. The number of aromatic amines is 1. The molecule has 2 aliphatic rings. The van der Waals surface area contributed by atoms with E-state index >= 15 is 0 Å². The van der Waals surface area contributed by atoms with Gasteiger partial charge in [0.1, 0.15) is 5.69 Å². The Hall–Kier alpha value is -1.83. The molecule has 1 aromatic heterocycles. The van der Waals surface area contributed by atoms with E-state index in [2.05, 4.69) is 4.98 Å². The molecule has 0 aliphatic carbocycles. The fourth-order valence-electron chi connectivity index (χ4n) is 3.53. The molecule has 138 valence electrons. The zero-order chi connectivity index (χ0) is 18.0. The number of rotatable bonds is 4. The molecule has 1 N–H and O–H groups in total. The van der Waals surface area contributed by atoms with E-state index in [9.17, 15) is 22.8 Å². The zero-order valence-corrected chi connectivity index (χ0v) is 13.9. The van der Waals surface area contributed by atoms with Gasteiger partial charge in [0.05, 0.1) is 12.5 Å². The van der Waals surface area contributed by atoms with Gasteiger partial charge in [0.2, 0.25) is 0 Å². The van der Waals surface area contributed by atoms with Crippen LogP contribution in [-0.2, 0) is 0 Å². The summed E-state index contributed by atoms with van der Waals surface area (Å²) in [7, 11) is 0. The summed E-state index contributed by atoms with van der Waals surface area (Å²) in [6.07, 6.45) is -0.237. The summed E-state index contributed by atoms with van der Waals surface area (Å²) in [6.45, 7) is 1.73. The third kappa shape index (κ3) is 4.23. The first-order chi connectivity index (χ1) is 11.8. The monoisotopic (exact) mass is 357 g/mol. The molecule has 0 spiro atoms. The number of alkyl halides is 3. The van der Waals surface area contributed by atoms with Gasteiger partial charge in [-0.25, -0.2) is 0 Å². The van der Waals surface area contributed by atoms with E-state index in [-0.39, 0.29) is 31.2 Å². The number of H-pyrrole nitrogens is 1. The van der Waals surface area contributed by atoms with Gasteiger partial charge in [-0.15, -0.1) is 0 Å². The number of hydrogen-bond donors (Lipinski definition) is 1. The smallest absolute Gasteiger partial charge is 0.356 e. The first kappa shape index (κ1) is 18.0. The normalized spacial score (nSPS) is 22.4. The molecule has 25 heavy (non-hydrogen) atoms. The molecule has 1 amide bonds. The van der Waals surface area contributed by atoms with Crippen molar-refractivity contribution in [3.63, 3.8) is 0 Å². The van der Waals surface area contributed by atoms with Crippen molar-refractivity contribution in [3.8, 4) is 0 Å². The number of carbonyl (C=O) groups excluding carboxylic acids is 2. The van der Waals surface area contributed by atoms with Crippen molar-refractivity contribution in [2.24, 2.45) is 5.92 Å². The highest BCUT2D eigenvalue weighted by molar-refractivity contribution is 6.01. The summed E-state index contributed by atoms with van der Waals surface area (Å²) < 4.78 is 38.6. The van der Waals surface area contributed by atoms with Crippen LogP contribution in [0.4, 0.5) is 13.2 Å². The highest BCUT2D eigenvalue weighted by atomic mass is 19.4. The molecule has 8 heteroatoms. The number of hydrogen-bond acceptors (Lipinski definition) is 3. The van der Waals surface area contributed by atoms with E-state index in [0.717, 1.165) is 12.8 Å². The summed E-state index contributed by atoms with van der Waals surface area (Å²) in [5.41, 5.74) is 0.703. The molecule has 1 aromatic rings. The number of likely N-dealkylation sites (tertiary alicyclic amines) is 2. The lowest BCUT2D eigenvalue weighted by molar-refractivity contribution is -0.186. The van der Waals surface area contributed by atoms with Gasteiger partial charge in [0, 0.05) is 31.4 Å². The third-order valence-corrected chi connectivity index (χ3v) is 4.96. The van der Waals surface area contributed by atoms with Gasteiger partial charge in [0.25, 0.3) is 5.91 Å². The van der Waals surface area contributed by atoms with E-state index in [1.54, 1.807) is 9.80 Å². The number of nitrogens with one attached hydrogen (secondary N) is 1. The fraction of sp³-hybridized carbons (Fsp3) is 0.647. The molecular weight excluding hydrogens is 335 g/mol. The Kier molecular flexibility index (Phi) is 5.17. The van der Waals surface area contributed by atoms with Crippen molar-refractivity contribution in [1.29, 1.82) is 0 Å². The molecule has 2 fully saturated rings. The largest absolute Gasteiger partial charge is 0.393 e. The number of ketones is 1. The Morgan fingerprint density at radius 2 is 1.88 bits per heavy atom. The van der Waals surface area contributed by atoms with Gasteiger partial charge in [-0.2, -0.15) is 13.2 Å². The summed E-state index contributed by atoms with van der Waals surface area (Å²) in [4.78, 5) is 30.7. The molecule has 1 unspecified atom stereocenters. The SMILES string of the molecule is O=C(CN1CCCC(C(F)(F)F)C1)c1c[nH]c(C(=O)N2CCCC2)c1. The van der Waals surface area contributed by atoms with Crippen LogP contribution in [-0.4, -0.2) is 65.4 Å². The predicted molar refractivity (Wildman–Crippen MR) is 85.5 cm³/mol. The molecule has 0 saturated carbocycles. The lowest BCUT2D eigenvalue weighted by Gasteiger charge is -2.33. The van der Waals surface area contributed by atoms with Crippen LogP contribution < -0.4 is 0 Å². The summed E-state index contributed by atoms with van der Waals surface area (Å²) in [5, 5.41) is 0. The highest BCUT2D eigenvalue weighted by Gasteiger charge is 2.42. The van der Waals surface area contributed by atoms with Crippen LogP contribution in [0.1, 0.15) is 46.5 Å². The van der Waals surface area contributed by atoms with Crippen molar-refractivity contribution in [1.82, 2.24) is 14.8 Å². The van der Waals surface area contributed by atoms with Gasteiger partial charge >= 0.3 is 6.18 Å². The van der Waals surface area contributed by atoms with E-state index < -0.39 is 12.1 Å². The standard InChI is InChI=1S/C17H22F3N3O2/c18-17(19,20)13-4-3-5-22(10-13)11-15(24)12-8-14(21-9-12)16(25)23-6-1-2-7-23/h8-9,13,21H,1-7,10-11H2. The van der Waals surface area contributed by atoms with Crippen LogP contribution in [0.5, 0.6) is 0 Å². The third-order valence-electron chi connectivity index (χ3n) is 4.96. The lowest BCUT2D eigenvalue weighted by atomic mass is 9.97. The first-order valence-electron chi connectivity index (χ1n) is 8.64. The summed E-state index contributed by atoms with van der Waals surface area (Å²) in [6, 6.07) is 1.51. The summed E-state index contributed by atoms with van der Waals surface area (Å²) >= 11 is 0. The van der Waals surface area contributed by atoms with Crippen LogP contribution >= 0.6 is 0 Å². The molecular formula is C17H22F3N3O2. The van der Waals surface area contributed by atoms with E-state index in [1.165, 1.54) is 12.3 Å². The molecule has 2 saturated heterocycles. The number of halogens is 3. The number of nitrogens with zero attached hydrogens (tertiary/aromatic N) is 2. The number of aromatic nitrogens is 1. The topological polar surface area (TPSA) is 56.4 Å². The van der Waals surface area contributed by atoms with E-state index in [4.69, 9.17) is 0 Å². The van der Waals surface area contributed by atoms with Crippen molar-refractivity contribution in [3.05, 3.63) is 23.5 Å². The van der Waals surface area contributed by atoms with Gasteiger partial charge in [-0.3, -0.25) is 14.5 Å². The second-order valence-electron chi connectivity index (χ2n) is 6.84. The molecule has 3 heterocycles. The Labute approximate surface area is 144 Å². The quantitative estimate of drug-likeness (QED) is 0.843. The van der Waals surface area contributed by atoms with Crippen LogP contribution in [0.3, 0.4) is 0 Å². The number of amides is 1. The van der Waals surface area contributed by atoms with Crippen molar-refractivity contribution < 1.29 is 22.8 Å². The minimum atomic E-state index is -4.22. The van der Waals surface area contributed by atoms with Crippen molar-refractivity contribution in [2.45, 2.75) is 31.9 Å². The Bertz CT molecular complexity index is 635. The minimum absolute atomic E-state index is 0.0538. The second-order valence-corrected chi connectivity index (χ2v) is 6.84. The molecule has 5 nitrogen and oxygen atoms in total. The predicted octanol–water partition coefficient (Wildman–Crippen LogP) is 2.71. The van der Waals surface area contributed by atoms with Crippen LogP contribution in [0.15, 0.2) is 12.3 Å². The van der Waals surface area contributed by atoms with Crippen LogP contribution in [0, 0.1) is 5.92 Å². The van der Waals surface area contributed by atoms with Gasteiger partial charge in [-0.1, -0.05) is 0 Å². The maximum Gasteiger partial charge on any atom is 0.393 e. The molecule has 2 aliphatic heterocycles. The van der Waals surface area contributed by atoms with E-state index in [0.29, 0.717) is 37.3 Å². The minimum Gasteiger partial charge on any atom is -0.356 e. The van der Waals surface area contributed by atoms with Crippen LogP contribution in [0.25, 0.3) is 0 Å². The lowest BCUT2D eigenvalue weighted by Crippen LogP contribution is -2.43. The molecule has 3 rings (SSSR count). The molecule has 1 atom stereocenters. The maximum absolute atomic E-state index is 12.9. The number of Topliss-reactive ketones (excluding diaryl/α,β-unsaturated/α-hetero) is 1. The average molecular weight is 357 g/mol. The molecule has 0 aromatic carbocycles. The van der Waals surface area contributed by atoms with Gasteiger partial charge in [0.15, 0.2) is 5.78 Å². The maximum atomic E-state index is 12.9. The second kappa shape index (κ2) is 7.19. The average Bonchev–Trinajstić information content (AvgIpc) is 3.25. The van der Waals surface area contributed by atoms with Crippen LogP contribution in [0.2, 0.25) is 0 Å².